The molecular formula is C23H24ClNO5. The van der Waals surface area contributed by atoms with E-state index in [-0.39, 0.29) is 24.5 Å². The van der Waals surface area contributed by atoms with Gasteiger partial charge in [0, 0.05) is 23.7 Å². The molecule has 2 aromatic rings. The SMILES string of the molecule is CCCOc1ccc(/C(O)=C2\C(=O)C(=O)N(CCCO)C2c2cccc(Cl)c2)cc1. The molecule has 6 nitrogen and oxygen atoms in total. The van der Waals surface area contributed by atoms with E-state index in [2.05, 4.69) is 0 Å². The quantitative estimate of drug-likeness (QED) is 0.377. The highest BCUT2D eigenvalue weighted by Crippen LogP contribution is 2.40. The fraction of sp³-hybridized carbons (Fsp3) is 0.304. The van der Waals surface area contributed by atoms with Crippen molar-refractivity contribution < 1.29 is 24.5 Å². The molecule has 2 N–H and O–H groups in total. The smallest absolute Gasteiger partial charge is 0.295 e. The van der Waals surface area contributed by atoms with E-state index in [1.807, 2.05) is 6.92 Å². The molecule has 7 heteroatoms. The van der Waals surface area contributed by atoms with E-state index < -0.39 is 17.7 Å². The van der Waals surface area contributed by atoms with Crippen LogP contribution in [0.15, 0.2) is 54.1 Å². The molecule has 0 saturated carbocycles. The lowest BCUT2D eigenvalue weighted by atomic mass is 9.95. The Bertz CT molecular complexity index is 954. The van der Waals surface area contributed by atoms with Gasteiger partial charge in [0.15, 0.2) is 0 Å². The molecule has 1 amide bonds. The number of hydrogen-bond acceptors (Lipinski definition) is 5. The minimum absolute atomic E-state index is 0.00225. The number of amides is 1. The van der Waals surface area contributed by atoms with Crippen LogP contribution in [0.1, 0.15) is 36.9 Å². The summed E-state index contributed by atoms with van der Waals surface area (Å²) in [6, 6.07) is 12.8. The lowest BCUT2D eigenvalue weighted by molar-refractivity contribution is -0.140. The topological polar surface area (TPSA) is 87.1 Å². The Labute approximate surface area is 180 Å². The van der Waals surface area contributed by atoms with Crippen LogP contribution in [0.5, 0.6) is 5.75 Å². The van der Waals surface area contributed by atoms with E-state index in [4.69, 9.17) is 16.3 Å². The zero-order valence-corrected chi connectivity index (χ0v) is 17.4. The van der Waals surface area contributed by atoms with Crippen LogP contribution in [-0.2, 0) is 9.59 Å². The van der Waals surface area contributed by atoms with E-state index in [0.29, 0.717) is 34.9 Å². The average molecular weight is 430 g/mol. The molecule has 1 unspecified atom stereocenters. The number of aliphatic hydroxyl groups excluding tert-OH is 2. The van der Waals surface area contributed by atoms with Gasteiger partial charge in [-0.2, -0.15) is 0 Å². The molecule has 0 aromatic heterocycles. The Balaban J connectivity index is 2.06. The number of carbonyl (C=O) groups excluding carboxylic acids is 2. The molecule has 0 spiro atoms. The van der Waals surface area contributed by atoms with Gasteiger partial charge in [-0.3, -0.25) is 9.59 Å². The summed E-state index contributed by atoms with van der Waals surface area (Å²) in [5.74, 6) is -1.07. The first-order valence-electron chi connectivity index (χ1n) is 9.86. The van der Waals surface area contributed by atoms with Crippen LogP contribution >= 0.6 is 11.6 Å². The standard InChI is InChI=1S/C23H24ClNO5/c1-2-13-30-18-9-7-15(8-10-18)21(27)19-20(16-5-3-6-17(24)14-16)25(11-4-12-26)23(29)22(19)28/h3,5-10,14,20,26-27H,2,4,11-13H2,1H3/b21-19+. The number of ketones is 1. The number of nitrogens with zero attached hydrogens (tertiary/aromatic N) is 1. The summed E-state index contributed by atoms with van der Waals surface area (Å²) < 4.78 is 5.55. The molecule has 1 saturated heterocycles. The first-order valence-corrected chi connectivity index (χ1v) is 10.2. The minimum atomic E-state index is -0.786. The fourth-order valence-corrected chi connectivity index (χ4v) is 3.66. The lowest BCUT2D eigenvalue weighted by Gasteiger charge is -2.25. The van der Waals surface area contributed by atoms with Crippen LogP contribution in [0, 0.1) is 0 Å². The van der Waals surface area contributed by atoms with Crippen LogP contribution in [0.2, 0.25) is 5.02 Å². The number of carbonyl (C=O) groups is 2. The second kappa shape index (κ2) is 9.78. The summed E-state index contributed by atoms with van der Waals surface area (Å²) in [7, 11) is 0. The monoisotopic (exact) mass is 429 g/mol. The molecule has 0 bridgehead atoms. The van der Waals surface area contributed by atoms with Crippen molar-refractivity contribution in [1.82, 2.24) is 4.90 Å². The molecular weight excluding hydrogens is 406 g/mol. The van der Waals surface area contributed by atoms with Crippen LogP contribution in [0.3, 0.4) is 0 Å². The van der Waals surface area contributed by atoms with E-state index in [0.717, 1.165) is 6.42 Å². The number of rotatable bonds is 8. The maximum Gasteiger partial charge on any atom is 0.295 e. The summed E-state index contributed by atoms with van der Waals surface area (Å²) in [4.78, 5) is 26.9. The lowest BCUT2D eigenvalue weighted by Crippen LogP contribution is -2.31. The summed E-state index contributed by atoms with van der Waals surface area (Å²) in [5, 5.41) is 20.6. The van der Waals surface area contributed by atoms with Crippen LogP contribution in [0.4, 0.5) is 0 Å². The number of ether oxygens (including phenoxy) is 1. The molecule has 1 heterocycles. The Morgan fingerprint density at radius 1 is 1.17 bits per heavy atom. The van der Waals surface area contributed by atoms with Crippen molar-refractivity contribution in [1.29, 1.82) is 0 Å². The molecule has 2 aromatic carbocycles. The van der Waals surface area contributed by atoms with Gasteiger partial charge in [0.05, 0.1) is 18.2 Å². The van der Waals surface area contributed by atoms with Gasteiger partial charge < -0.3 is 19.8 Å². The third-order valence-corrected chi connectivity index (χ3v) is 5.10. The van der Waals surface area contributed by atoms with Crippen LogP contribution in [0.25, 0.3) is 5.76 Å². The largest absolute Gasteiger partial charge is 0.507 e. The normalized spacial score (nSPS) is 18.1. The number of likely N-dealkylation sites (tertiary alicyclic amines) is 1. The maximum atomic E-state index is 12.8. The van der Waals surface area contributed by atoms with Crippen molar-refractivity contribution in [3.05, 3.63) is 70.3 Å². The highest BCUT2D eigenvalue weighted by molar-refractivity contribution is 6.46. The van der Waals surface area contributed by atoms with Gasteiger partial charge in [-0.1, -0.05) is 30.7 Å². The molecule has 0 aliphatic carbocycles. The van der Waals surface area contributed by atoms with Gasteiger partial charge in [0.25, 0.3) is 11.7 Å². The second-order valence-electron chi connectivity index (χ2n) is 7.00. The Morgan fingerprint density at radius 3 is 2.53 bits per heavy atom. The van der Waals surface area contributed by atoms with Crippen molar-refractivity contribution >= 4 is 29.1 Å². The van der Waals surface area contributed by atoms with Crippen molar-refractivity contribution in [2.45, 2.75) is 25.8 Å². The van der Waals surface area contributed by atoms with Crippen LogP contribution < -0.4 is 4.74 Å². The van der Waals surface area contributed by atoms with Crippen molar-refractivity contribution in [3.8, 4) is 5.75 Å². The van der Waals surface area contributed by atoms with Gasteiger partial charge in [-0.05, 0) is 54.8 Å². The first-order chi connectivity index (χ1) is 14.5. The molecule has 30 heavy (non-hydrogen) atoms. The molecule has 1 aliphatic heterocycles. The molecule has 3 rings (SSSR count). The Morgan fingerprint density at radius 2 is 1.90 bits per heavy atom. The number of halogens is 1. The summed E-state index contributed by atoms with van der Waals surface area (Å²) in [6.07, 6.45) is 1.19. The van der Waals surface area contributed by atoms with Crippen molar-refractivity contribution in [3.63, 3.8) is 0 Å². The molecule has 1 aliphatic rings. The van der Waals surface area contributed by atoms with Gasteiger partial charge in [-0.15, -0.1) is 0 Å². The molecule has 158 valence electrons. The second-order valence-corrected chi connectivity index (χ2v) is 7.43. The molecule has 1 fully saturated rings. The number of benzene rings is 2. The number of Topliss-reactive ketones (excluding diaryl/α,β-unsaturated/α-hetero) is 1. The summed E-state index contributed by atoms with van der Waals surface area (Å²) in [6.45, 7) is 2.64. The van der Waals surface area contributed by atoms with E-state index in [1.54, 1.807) is 48.5 Å². The van der Waals surface area contributed by atoms with Gasteiger partial charge in [0.2, 0.25) is 0 Å². The highest BCUT2D eigenvalue weighted by Gasteiger charge is 2.45. The predicted molar refractivity (Wildman–Crippen MR) is 114 cm³/mol. The van der Waals surface area contributed by atoms with E-state index in [1.165, 1.54) is 4.90 Å². The van der Waals surface area contributed by atoms with Crippen molar-refractivity contribution in [2.24, 2.45) is 0 Å². The number of aliphatic hydroxyl groups is 2. The first kappa shape index (κ1) is 21.9. The third kappa shape index (κ3) is 4.50. The Kier molecular flexibility index (Phi) is 7.13. The van der Waals surface area contributed by atoms with Gasteiger partial charge >= 0.3 is 0 Å². The third-order valence-electron chi connectivity index (χ3n) is 4.86. The average Bonchev–Trinajstić information content (AvgIpc) is 3.01. The highest BCUT2D eigenvalue weighted by atomic mass is 35.5. The van der Waals surface area contributed by atoms with E-state index in [9.17, 15) is 19.8 Å². The zero-order valence-electron chi connectivity index (χ0n) is 16.7. The number of hydrogen-bond donors (Lipinski definition) is 2. The Hall–Kier alpha value is -2.83. The van der Waals surface area contributed by atoms with Gasteiger partial charge in [-0.25, -0.2) is 0 Å². The summed E-state index contributed by atoms with van der Waals surface area (Å²) >= 11 is 6.13. The predicted octanol–water partition coefficient (Wildman–Crippen LogP) is 3.93. The van der Waals surface area contributed by atoms with Crippen LogP contribution in [-0.4, -0.2) is 46.6 Å². The maximum absolute atomic E-state index is 12.8. The molecule has 1 atom stereocenters. The summed E-state index contributed by atoms with van der Waals surface area (Å²) in [5.41, 5.74) is 1.03. The fourth-order valence-electron chi connectivity index (χ4n) is 3.46. The zero-order chi connectivity index (χ0) is 21.7. The molecule has 0 radical (unpaired) electrons. The minimum Gasteiger partial charge on any atom is -0.507 e. The van der Waals surface area contributed by atoms with Crippen molar-refractivity contribution in [2.75, 3.05) is 19.8 Å². The van der Waals surface area contributed by atoms with Gasteiger partial charge in [0.1, 0.15) is 11.5 Å². The van der Waals surface area contributed by atoms with E-state index >= 15 is 0 Å².